The first kappa shape index (κ1) is 16.8. The van der Waals surface area contributed by atoms with E-state index in [-0.39, 0.29) is 17.9 Å². The van der Waals surface area contributed by atoms with Crippen molar-refractivity contribution in [1.29, 1.82) is 0 Å². The first-order valence-corrected chi connectivity index (χ1v) is 7.69. The van der Waals surface area contributed by atoms with E-state index in [0.29, 0.717) is 25.3 Å². The van der Waals surface area contributed by atoms with Gasteiger partial charge in [-0.3, -0.25) is 4.79 Å². The molecule has 0 bridgehead atoms. The number of hydrogen-bond acceptors (Lipinski definition) is 4. The molecule has 0 aromatic heterocycles. The zero-order valence-electron chi connectivity index (χ0n) is 13.7. The van der Waals surface area contributed by atoms with Crippen molar-refractivity contribution in [2.45, 2.75) is 12.8 Å². The monoisotopic (exact) mass is 306 g/mol. The van der Waals surface area contributed by atoms with Gasteiger partial charge in [-0.2, -0.15) is 0 Å². The van der Waals surface area contributed by atoms with Crippen molar-refractivity contribution in [2.75, 3.05) is 52.4 Å². The molecule has 0 unspecified atom stereocenters. The minimum atomic E-state index is -0.234. The van der Waals surface area contributed by atoms with E-state index in [1.165, 1.54) is 0 Å². The van der Waals surface area contributed by atoms with Crippen LogP contribution in [-0.4, -0.2) is 63.4 Å². The topological polar surface area (TPSA) is 53.0 Å². The molecule has 1 aliphatic heterocycles. The number of benzene rings is 1. The van der Waals surface area contributed by atoms with Gasteiger partial charge in [0.1, 0.15) is 0 Å². The molecular weight excluding hydrogens is 280 g/mol. The molecule has 5 nitrogen and oxygen atoms in total. The fourth-order valence-electron chi connectivity index (χ4n) is 2.88. The third-order valence-electron chi connectivity index (χ3n) is 4.42. The number of nitrogens with zero attached hydrogens (tertiary/aromatic N) is 2. The number of rotatable bonds is 5. The molecule has 2 rings (SSSR count). The number of anilines is 1. The molecule has 22 heavy (non-hydrogen) atoms. The fraction of sp³-hybridized carbons (Fsp3) is 0.588. The van der Waals surface area contributed by atoms with Crippen molar-refractivity contribution in [1.82, 2.24) is 4.90 Å². The summed E-state index contributed by atoms with van der Waals surface area (Å²) < 4.78 is 5.38. The van der Waals surface area contributed by atoms with Crippen molar-refractivity contribution < 1.29 is 14.6 Å². The average molecular weight is 306 g/mol. The lowest BCUT2D eigenvalue weighted by molar-refractivity contribution is -0.0282. The van der Waals surface area contributed by atoms with Gasteiger partial charge in [0.25, 0.3) is 5.91 Å². The minimum Gasteiger partial charge on any atom is -0.396 e. The van der Waals surface area contributed by atoms with Crippen LogP contribution >= 0.6 is 0 Å². The lowest BCUT2D eigenvalue weighted by Gasteiger charge is -2.38. The van der Waals surface area contributed by atoms with Gasteiger partial charge >= 0.3 is 0 Å². The standard InChI is InChI=1S/C17H26N2O3/c1-18(2)15-6-4-5-14(11-15)16(21)19(3)12-17(13-20)7-9-22-10-8-17/h4-6,11,20H,7-10,12-13H2,1-3H3. The Morgan fingerprint density at radius 2 is 1.95 bits per heavy atom. The Bertz CT molecular complexity index is 510. The van der Waals surface area contributed by atoms with Crippen molar-refractivity contribution in [2.24, 2.45) is 5.41 Å². The maximum absolute atomic E-state index is 12.6. The second kappa shape index (κ2) is 7.11. The van der Waals surface area contributed by atoms with E-state index in [9.17, 15) is 9.90 Å². The Morgan fingerprint density at radius 3 is 2.55 bits per heavy atom. The Kier molecular flexibility index (Phi) is 5.42. The molecule has 1 saturated heterocycles. The molecular formula is C17H26N2O3. The molecule has 0 saturated carbocycles. The highest BCUT2D eigenvalue weighted by atomic mass is 16.5. The van der Waals surface area contributed by atoms with Crippen molar-refractivity contribution in [3.05, 3.63) is 29.8 Å². The van der Waals surface area contributed by atoms with E-state index >= 15 is 0 Å². The molecule has 0 aliphatic carbocycles. The molecule has 1 fully saturated rings. The smallest absolute Gasteiger partial charge is 0.253 e. The average Bonchev–Trinajstić information content (AvgIpc) is 2.55. The van der Waals surface area contributed by atoms with E-state index in [4.69, 9.17) is 4.74 Å². The van der Waals surface area contributed by atoms with Gasteiger partial charge in [-0.1, -0.05) is 6.07 Å². The van der Waals surface area contributed by atoms with Crippen molar-refractivity contribution in [3.63, 3.8) is 0 Å². The molecule has 0 spiro atoms. The fourth-order valence-corrected chi connectivity index (χ4v) is 2.88. The van der Waals surface area contributed by atoms with Crippen LogP contribution in [0.2, 0.25) is 0 Å². The molecule has 1 heterocycles. The highest BCUT2D eigenvalue weighted by Gasteiger charge is 2.34. The molecule has 1 aromatic carbocycles. The first-order valence-electron chi connectivity index (χ1n) is 7.69. The van der Waals surface area contributed by atoms with Crippen LogP contribution < -0.4 is 4.90 Å². The predicted octanol–water partition coefficient (Wildman–Crippen LogP) is 1.61. The zero-order valence-corrected chi connectivity index (χ0v) is 13.7. The molecule has 1 amide bonds. The first-order chi connectivity index (χ1) is 10.5. The molecule has 1 N–H and O–H groups in total. The molecule has 0 atom stereocenters. The maximum Gasteiger partial charge on any atom is 0.253 e. The summed E-state index contributed by atoms with van der Waals surface area (Å²) in [7, 11) is 5.71. The SMILES string of the molecule is CN(CC1(CO)CCOCC1)C(=O)c1cccc(N(C)C)c1. The summed E-state index contributed by atoms with van der Waals surface area (Å²) in [6, 6.07) is 7.60. The van der Waals surface area contributed by atoms with Gasteiger partial charge in [0.2, 0.25) is 0 Å². The number of ether oxygens (including phenoxy) is 1. The minimum absolute atomic E-state index is 0.0111. The predicted molar refractivity (Wildman–Crippen MR) is 87.3 cm³/mol. The van der Waals surface area contributed by atoms with Crippen molar-refractivity contribution in [3.8, 4) is 0 Å². The van der Waals surface area contributed by atoms with E-state index in [2.05, 4.69) is 0 Å². The van der Waals surface area contributed by atoms with Crippen LogP contribution in [0.1, 0.15) is 23.2 Å². The van der Waals surface area contributed by atoms with Crippen LogP contribution in [-0.2, 0) is 4.74 Å². The lowest BCUT2D eigenvalue weighted by atomic mass is 9.80. The third-order valence-corrected chi connectivity index (χ3v) is 4.42. The van der Waals surface area contributed by atoms with E-state index in [0.717, 1.165) is 18.5 Å². The highest BCUT2D eigenvalue weighted by Crippen LogP contribution is 2.31. The number of hydrogen-bond donors (Lipinski definition) is 1. The van der Waals surface area contributed by atoms with Crippen LogP contribution in [0.25, 0.3) is 0 Å². The zero-order chi connectivity index (χ0) is 16.2. The van der Waals surface area contributed by atoms with Gasteiger partial charge in [0.05, 0.1) is 6.61 Å². The van der Waals surface area contributed by atoms with Crippen LogP contribution in [0.15, 0.2) is 24.3 Å². The summed E-state index contributed by atoms with van der Waals surface area (Å²) in [6.07, 6.45) is 1.58. The number of aliphatic hydroxyl groups is 1. The Morgan fingerprint density at radius 1 is 1.27 bits per heavy atom. The maximum atomic E-state index is 12.6. The summed E-state index contributed by atoms with van der Waals surface area (Å²) in [6.45, 7) is 1.95. The number of carbonyl (C=O) groups excluding carboxylic acids is 1. The highest BCUT2D eigenvalue weighted by molar-refractivity contribution is 5.95. The van der Waals surface area contributed by atoms with Gasteiger partial charge in [-0.15, -0.1) is 0 Å². The molecule has 122 valence electrons. The van der Waals surface area contributed by atoms with Gasteiger partial charge in [0, 0.05) is 57.6 Å². The van der Waals surface area contributed by atoms with Crippen LogP contribution in [0.4, 0.5) is 5.69 Å². The number of carbonyl (C=O) groups is 1. The summed E-state index contributed by atoms with van der Waals surface area (Å²) in [4.78, 5) is 16.3. The molecule has 5 heteroatoms. The van der Waals surface area contributed by atoms with E-state index < -0.39 is 0 Å². The van der Waals surface area contributed by atoms with Crippen LogP contribution in [0, 0.1) is 5.41 Å². The second-order valence-electron chi connectivity index (χ2n) is 6.38. The van der Waals surface area contributed by atoms with Crippen molar-refractivity contribution >= 4 is 11.6 Å². The summed E-state index contributed by atoms with van der Waals surface area (Å²) >= 11 is 0. The molecule has 0 radical (unpaired) electrons. The van der Waals surface area contributed by atoms with Gasteiger partial charge in [0.15, 0.2) is 0 Å². The Balaban J connectivity index is 2.09. The number of aliphatic hydroxyl groups excluding tert-OH is 1. The van der Waals surface area contributed by atoms with E-state index in [1.807, 2.05) is 43.3 Å². The summed E-state index contributed by atoms with van der Waals surface area (Å²) in [5, 5.41) is 9.76. The quantitative estimate of drug-likeness (QED) is 0.898. The van der Waals surface area contributed by atoms with Crippen LogP contribution in [0.3, 0.4) is 0 Å². The molecule has 1 aliphatic rings. The van der Waals surface area contributed by atoms with Crippen LogP contribution in [0.5, 0.6) is 0 Å². The Labute approximate surface area is 132 Å². The second-order valence-corrected chi connectivity index (χ2v) is 6.38. The van der Waals surface area contributed by atoms with Gasteiger partial charge < -0.3 is 19.6 Å². The lowest BCUT2D eigenvalue weighted by Crippen LogP contribution is -2.44. The van der Waals surface area contributed by atoms with E-state index in [1.54, 1.807) is 11.9 Å². The van der Waals surface area contributed by atoms with Gasteiger partial charge in [-0.05, 0) is 31.0 Å². The summed E-state index contributed by atoms with van der Waals surface area (Å²) in [5.74, 6) is -0.0111. The molecule has 1 aromatic rings. The number of amides is 1. The summed E-state index contributed by atoms with van der Waals surface area (Å²) in [5.41, 5.74) is 1.44. The largest absolute Gasteiger partial charge is 0.396 e. The van der Waals surface area contributed by atoms with Gasteiger partial charge in [-0.25, -0.2) is 0 Å². The Hall–Kier alpha value is -1.59. The third kappa shape index (κ3) is 3.78. The normalized spacial score (nSPS) is 17.1.